The summed E-state index contributed by atoms with van der Waals surface area (Å²) in [6.45, 7) is 4.85. The second kappa shape index (κ2) is 8.08. The van der Waals surface area contributed by atoms with Crippen molar-refractivity contribution in [3.63, 3.8) is 0 Å². The molecular formula is C9H19NO3S. The smallest absolute Gasteiger partial charge is 0.323 e. The van der Waals surface area contributed by atoms with E-state index in [1.807, 2.05) is 6.92 Å². The first-order chi connectivity index (χ1) is 6.61. The molecule has 0 spiro atoms. The number of hydrogen-bond acceptors (Lipinski definition) is 5. The summed E-state index contributed by atoms with van der Waals surface area (Å²) in [5.74, 6) is 0.244. The number of carbonyl (C=O) groups excluding carboxylic acids is 1. The Morgan fingerprint density at radius 1 is 1.57 bits per heavy atom. The third-order valence-corrected chi connectivity index (χ3v) is 2.81. The van der Waals surface area contributed by atoms with Crippen LogP contribution >= 0.6 is 11.8 Å². The second-order valence-corrected chi connectivity index (χ2v) is 4.43. The van der Waals surface area contributed by atoms with Gasteiger partial charge in [-0.3, -0.25) is 4.79 Å². The van der Waals surface area contributed by atoms with Gasteiger partial charge in [0.05, 0.1) is 13.2 Å². The van der Waals surface area contributed by atoms with Gasteiger partial charge >= 0.3 is 5.97 Å². The highest BCUT2D eigenvalue weighted by Crippen LogP contribution is 2.11. The van der Waals surface area contributed by atoms with Crippen LogP contribution in [-0.2, 0) is 14.3 Å². The van der Waals surface area contributed by atoms with Crippen molar-refractivity contribution in [2.75, 3.05) is 26.1 Å². The fourth-order valence-electron chi connectivity index (χ4n) is 0.868. The molecule has 2 atom stereocenters. The minimum Gasteiger partial charge on any atom is -0.465 e. The summed E-state index contributed by atoms with van der Waals surface area (Å²) in [4.78, 5) is 11.1. The van der Waals surface area contributed by atoms with Gasteiger partial charge in [0.15, 0.2) is 0 Å². The molecule has 0 fully saturated rings. The van der Waals surface area contributed by atoms with Gasteiger partial charge in [0, 0.05) is 18.1 Å². The Hall–Kier alpha value is -0.260. The van der Waals surface area contributed by atoms with E-state index in [-0.39, 0.29) is 5.97 Å². The van der Waals surface area contributed by atoms with Crippen LogP contribution in [0, 0.1) is 0 Å². The number of methoxy groups -OCH3 is 1. The third kappa shape index (κ3) is 6.23. The molecular weight excluding hydrogens is 202 g/mol. The van der Waals surface area contributed by atoms with Gasteiger partial charge in [-0.1, -0.05) is 6.92 Å². The number of carbonyl (C=O) groups is 1. The summed E-state index contributed by atoms with van der Waals surface area (Å²) in [5.41, 5.74) is 5.61. The SMILES string of the molecule is CCOC(=O)C(N)CSC(C)COC. The third-order valence-electron chi connectivity index (χ3n) is 1.55. The number of thioether (sulfide) groups is 1. The molecule has 0 saturated heterocycles. The largest absolute Gasteiger partial charge is 0.465 e. The molecule has 0 saturated carbocycles. The molecule has 2 N–H and O–H groups in total. The van der Waals surface area contributed by atoms with Gasteiger partial charge in [-0.25, -0.2) is 0 Å². The van der Waals surface area contributed by atoms with Crippen LogP contribution in [0.3, 0.4) is 0 Å². The van der Waals surface area contributed by atoms with Crippen LogP contribution < -0.4 is 5.73 Å². The molecule has 0 aromatic rings. The predicted molar refractivity (Wildman–Crippen MR) is 58.4 cm³/mol. The topological polar surface area (TPSA) is 61.5 Å². The van der Waals surface area contributed by atoms with Gasteiger partial charge in [0.1, 0.15) is 6.04 Å². The number of nitrogens with two attached hydrogens (primary N) is 1. The number of hydrogen-bond donors (Lipinski definition) is 1. The van der Waals surface area contributed by atoms with Crippen LogP contribution in [-0.4, -0.2) is 43.3 Å². The van der Waals surface area contributed by atoms with Gasteiger partial charge in [-0.05, 0) is 6.92 Å². The van der Waals surface area contributed by atoms with E-state index in [0.717, 1.165) is 0 Å². The molecule has 0 aliphatic carbocycles. The first-order valence-corrected chi connectivity index (χ1v) is 5.69. The van der Waals surface area contributed by atoms with Crippen molar-refractivity contribution in [3.8, 4) is 0 Å². The molecule has 2 unspecified atom stereocenters. The molecule has 0 aromatic carbocycles. The van der Waals surface area contributed by atoms with Gasteiger partial charge in [0.2, 0.25) is 0 Å². The highest BCUT2D eigenvalue weighted by atomic mass is 32.2. The van der Waals surface area contributed by atoms with Crippen molar-refractivity contribution in [2.45, 2.75) is 25.1 Å². The van der Waals surface area contributed by atoms with Gasteiger partial charge in [-0.15, -0.1) is 0 Å². The Morgan fingerprint density at radius 3 is 2.71 bits per heavy atom. The first-order valence-electron chi connectivity index (χ1n) is 4.64. The zero-order valence-electron chi connectivity index (χ0n) is 8.99. The Balaban J connectivity index is 3.61. The van der Waals surface area contributed by atoms with Crippen molar-refractivity contribution < 1.29 is 14.3 Å². The summed E-state index contributed by atoms with van der Waals surface area (Å²) >= 11 is 1.61. The fourth-order valence-corrected chi connectivity index (χ4v) is 1.77. The molecule has 14 heavy (non-hydrogen) atoms. The lowest BCUT2D eigenvalue weighted by atomic mass is 10.4. The van der Waals surface area contributed by atoms with Crippen molar-refractivity contribution >= 4 is 17.7 Å². The molecule has 4 nitrogen and oxygen atoms in total. The standard InChI is InChI=1S/C9H19NO3S/c1-4-13-9(11)8(10)6-14-7(2)5-12-3/h7-8H,4-6,10H2,1-3H3. The molecule has 5 heteroatoms. The zero-order chi connectivity index (χ0) is 11.0. The van der Waals surface area contributed by atoms with Crippen molar-refractivity contribution in [2.24, 2.45) is 5.73 Å². The Kier molecular flexibility index (Phi) is 7.93. The molecule has 0 aliphatic rings. The zero-order valence-corrected chi connectivity index (χ0v) is 9.80. The van der Waals surface area contributed by atoms with Crippen molar-refractivity contribution in [1.29, 1.82) is 0 Å². The summed E-state index contributed by atoms with van der Waals surface area (Å²) in [6.07, 6.45) is 0. The van der Waals surface area contributed by atoms with Gasteiger partial charge in [0.25, 0.3) is 0 Å². The molecule has 0 amide bonds. The molecule has 0 rings (SSSR count). The average Bonchev–Trinajstić information content (AvgIpc) is 2.15. The van der Waals surface area contributed by atoms with E-state index in [1.54, 1.807) is 25.8 Å². The monoisotopic (exact) mass is 221 g/mol. The predicted octanol–water partition coefficient (Wildman–Crippen LogP) is 0.645. The van der Waals surface area contributed by atoms with E-state index in [2.05, 4.69) is 0 Å². The maximum atomic E-state index is 11.1. The van der Waals surface area contributed by atoms with E-state index < -0.39 is 6.04 Å². The fraction of sp³-hybridized carbons (Fsp3) is 0.889. The lowest BCUT2D eigenvalue weighted by Crippen LogP contribution is -2.35. The van der Waals surface area contributed by atoms with Gasteiger partial charge < -0.3 is 15.2 Å². The lowest BCUT2D eigenvalue weighted by Gasteiger charge is -2.13. The Labute approximate surface area is 89.5 Å². The van der Waals surface area contributed by atoms with Crippen molar-refractivity contribution in [3.05, 3.63) is 0 Å². The molecule has 0 bridgehead atoms. The van der Waals surface area contributed by atoms with Crippen LogP contribution in [0.5, 0.6) is 0 Å². The van der Waals surface area contributed by atoms with Crippen molar-refractivity contribution in [1.82, 2.24) is 0 Å². The van der Waals surface area contributed by atoms with E-state index in [4.69, 9.17) is 15.2 Å². The molecule has 84 valence electrons. The van der Waals surface area contributed by atoms with E-state index in [0.29, 0.717) is 24.2 Å². The minimum absolute atomic E-state index is 0.329. The maximum Gasteiger partial charge on any atom is 0.323 e. The Bertz CT molecular complexity index is 166. The normalized spacial score (nSPS) is 14.9. The minimum atomic E-state index is -0.528. The first kappa shape index (κ1) is 13.7. The van der Waals surface area contributed by atoms with E-state index in [1.165, 1.54) is 0 Å². The number of esters is 1. The van der Waals surface area contributed by atoms with Crippen LogP contribution in [0.4, 0.5) is 0 Å². The summed E-state index contributed by atoms with van der Waals surface area (Å²) < 4.78 is 9.75. The summed E-state index contributed by atoms with van der Waals surface area (Å²) in [5, 5.41) is 0.348. The summed E-state index contributed by atoms with van der Waals surface area (Å²) in [6, 6.07) is -0.528. The quantitative estimate of drug-likeness (QED) is 0.639. The number of rotatable bonds is 7. The molecule has 0 heterocycles. The van der Waals surface area contributed by atoms with Crippen LogP contribution in [0.2, 0.25) is 0 Å². The molecule has 0 aromatic heterocycles. The van der Waals surface area contributed by atoms with Crippen LogP contribution in [0.25, 0.3) is 0 Å². The lowest BCUT2D eigenvalue weighted by molar-refractivity contribution is -0.144. The highest BCUT2D eigenvalue weighted by Gasteiger charge is 2.15. The molecule has 0 aliphatic heterocycles. The highest BCUT2D eigenvalue weighted by molar-refractivity contribution is 7.99. The van der Waals surface area contributed by atoms with E-state index >= 15 is 0 Å². The Morgan fingerprint density at radius 2 is 2.21 bits per heavy atom. The second-order valence-electron chi connectivity index (χ2n) is 2.96. The van der Waals surface area contributed by atoms with Gasteiger partial charge in [-0.2, -0.15) is 11.8 Å². The summed E-state index contributed by atoms with van der Waals surface area (Å²) in [7, 11) is 1.66. The van der Waals surface area contributed by atoms with E-state index in [9.17, 15) is 4.79 Å². The van der Waals surface area contributed by atoms with Crippen LogP contribution in [0.1, 0.15) is 13.8 Å². The number of ether oxygens (including phenoxy) is 2. The van der Waals surface area contributed by atoms with Crippen LogP contribution in [0.15, 0.2) is 0 Å². The molecule has 0 radical (unpaired) electrons. The average molecular weight is 221 g/mol. The maximum absolute atomic E-state index is 11.1.